The van der Waals surface area contributed by atoms with E-state index in [1.165, 1.54) is 0 Å². The van der Waals surface area contributed by atoms with Crippen molar-refractivity contribution in [3.8, 4) is 0 Å². The van der Waals surface area contributed by atoms with Crippen LogP contribution in [0.3, 0.4) is 0 Å². The summed E-state index contributed by atoms with van der Waals surface area (Å²) in [5.41, 5.74) is 0.380. The van der Waals surface area contributed by atoms with Crippen LogP contribution in [-0.2, 0) is 20.9 Å². The Kier molecular flexibility index (Phi) is 10.8. The molecule has 1 rings (SSSR count). The molecule has 3 amide bonds. The molecule has 0 aliphatic rings. The Balaban J connectivity index is 2.13. The highest BCUT2D eigenvalue weighted by Gasteiger charge is 2.20. The number of likely N-dealkylation sites (N-methyl/N-ethyl adjacent to an activating group) is 1. The van der Waals surface area contributed by atoms with Crippen LogP contribution in [0.5, 0.6) is 0 Å². The number of nitrogens with zero attached hydrogens (tertiary/aromatic N) is 1. The lowest BCUT2D eigenvalue weighted by Crippen LogP contribution is -2.49. The average molecular weight is 438 g/mol. The van der Waals surface area contributed by atoms with E-state index < -0.39 is 17.8 Å². The van der Waals surface area contributed by atoms with E-state index in [1.54, 1.807) is 20.8 Å². The number of hydrogen-bond donors (Lipinski definition) is 3. The first-order valence-electron chi connectivity index (χ1n) is 10.5. The number of alkyl carbamates (subject to hydrolysis) is 2. The molecule has 9 nitrogen and oxygen atoms in total. The zero-order valence-electron chi connectivity index (χ0n) is 19.3. The normalized spacial score (nSPS) is 11.4. The van der Waals surface area contributed by atoms with Gasteiger partial charge in [0.2, 0.25) is 0 Å². The Hall–Kier alpha value is -2.81. The van der Waals surface area contributed by atoms with Gasteiger partial charge in [0.1, 0.15) is 12.2 Å². The lowest BCUT2D eigenvalue weighted by molar-refractivity contribution is -0.882. The molecule has 1 aromatic rings. The zero-order chi connectivity index (χ0) is 23.3. The lowest BCUT2D eigenvalue weighted by Gasteiger charge is -2.29. The van der Waals surface area contributed by atoms with Crippen molar-refractivity contribution < 1.29 is 28.3 Å². The van der Waals surface area contributed by atoms with Gasteiger partial charge in [-0.15, -0.1) is 0 Å². The second-order valence-corrected chi connectivity index (χ2v) is 8.94. The molecular formula is C22H37N4O5+. The molecular weight excluding hydrogens is 400 g/mol. The largest absolute Gasteiger partial charge is 0.445 e. The van der Waals surface area contributed by atoms with Crippen LogP contribution in [0.15, 0.2) is 30.3 Å². The van der Waals surface area contributed by atoms with Crippen LogP contribution < -0.4 is 16.0 Å². The highest BCUT2D eigenvalue weighted by molar-refractivity contribution is 5.77. The Bertz CT molecular complexity index is 702. The van der Waals surface area contributed by atoms with Crippen molar-refractivity contribution in [1.82, 2.24) is 16.0 Å². The number of quaternary nitrogens is 1. The van der Waals surface area contributed by atoms with Crippen LogP contribution in [-0.4, -0.2) is 75.0 Å². The van der Waals surface area contributed by atoms with Gasteiger partial charge in [0, 0.05) is 26.1 Å². The molecule has 0 aromatic heterocycles. The predicted octanol–water partition coefficient (Wildman–Crippen LogP) is 2.02. The molecule has 0 saturated carbocycles. The molecule has 0 fully saturated rings. The monoisotopic (exact) mass is 437 g/mol. The molecule has 0 saturated heterocycles. The van der Waals surface area contributed by atoms with Crippen LogP contribution in [0.1, 0.15) is 32.8 Å². The minimum atomic E-state index is -0.553. The molecule has 1 aromatic carbocycles. The van der Waals surface area contributed by atoms with Gasteiger partial charge < -0.3 is 29.9 Å². The van der Waals surface area contributed by atoms with Gasteiger partial charge in [-0.25, -0.2) is 9.59 Å². The molecule has 0 aliphatic heterocycles. The standard InChI is InChI=1S/C22H36N4O5/c1-22(2,3)31-21(29)25-14-13-23-19(27)16-26(4,5)15-9-12-24-20(28)30-17-18-10-7-6-8-11-18/h6-8,10-11H,9,12-17H2,1-5H3,(H2-,23,24,25,27,28,29)/p+1. The van der Waals surface area contributed by atoms with Gasteiger partial charge in [-0.2, -0.15) is 0 Å². The molecule has 0 spiro atoms. The maximum atomic E-state index is 12.1. The number of carbonyl (C=O) groups excluding carboxylic acids is 3. The zero-order valence-corrected chi connectivity index (χ0v) is 19.3. The number of ether oxygens (including phenoxy) is 2. The summed E-state index contributed by atoms with van der Waals surface area (Å²) >= 11 is 0. The van der Waals surface area contributed by atoms with Crippen LogP contribution in [0.2, 0.25) is 0 Å². The fraction of sp³-hybridized carbons (Fsp3) is 0.591. The van der Waals surface area contributed by atoms with E-state index in [1.807, 2.05) is 44.4 Å². The number of hydrogen-bond acceptors (Lipinski definition) is 5. The third kappa shape index (κ3) is 13.9. The van der Waals surface area contributed by atoms with E-state index in [-0.39, 0.29) is 12.5 Å². The Morgan fingerprint density at radius 1 is 0.903 bits per heavy atom. The first-order chi connectivity index (χ1) is 14.5. The van der Waals surface area contributed by atoms with Crippen molar-refractivity contribution in [2.45, 2.75) is 39.4 Å². The fourth-order valence-electron chi connectivity index (χ4n) is 2.68. The number of rotatable bonds is 11. The third-order valence-electron chi connectivity index (χ3n) is 4.11. The third-order valence-corrected chi connectivity index (χ3v) is 4.11. The van der Waals surface area contributed by atoms with E-state index in [4.69, 9.17) is 9.47 Å². The molecule has 0 atom stereocenters. The topological polar surface area (TPSA) is 106 Å². The summed E-state index contributed by atoms with van der Waals surface area (Å²) in [7, 11) is 3.90. The highest BCUT2D eigenvalue weighted by Crippen LogP contribution is 2.06. The van der Waals surface area contributed by atoms with Crippen molar-refractivity contribution in [2.75, 3.05) is 46.8 Å². The van der Waals surface area contributed by atoms with Crippen molar-refractivity contribution >= 4 is 18.1 Å². The quantitative estimate of drug-likeness (QED) is 0.363. The van der Waals surface area contributed by atoms with Gasteiger partial charge in [-0.3, -0.25) is 4.79 Å². The summed E-state index contributed by atoms with van der Waals surface area (Å²) in [4.78, 5) is 35.4. The Morgan fingerprint density at radius 2 is 1.52 bits per heavy atom. The summed E-state index contributed by atoms with van der Waals surface area (Å²) in [6.07, 6.45) is -0.252. The first kappa shape index (κ1) is 26.2. The summed E-state index contributed by atoms with van der Waals surface area (Å²) in [6, 6.07) is 9.48. The first-order valence-corrected chi connectivity index (χ1v) is 10.5. The fourth-order valence-corrected chi connectivity index (χ4v) is 2.68. The van der Waals surface area contributed by atoms with Crippen molar-refractivity contribution in [1.29, 1.82) is 0 Å². The number of carbonyl (C=O) groups is 3. The maximum absolute atomic E-state index is 12.1. The van der Waals surface area contributed by atoms with Gasteiger partial charge in [0.25, 0.3) is 5.91 Å². The summed E-state index contributed by atoms with van der Waals surface area (Å²) in [6.45, 7) is 7.70. The van der Waals surface area contributed by atoms with E-state index in [0.717, 1.165) is 5.56 Å². The number of amides is 3. The number of benzene rings is 1. The van der Waals surface area contributed by atoms with Crippen LogP contribution in [0.25, 0.3) is 0 Å². The summed E-state index contributed by atoms with van der Waals surface area (Å²) < 4.78 is 10.8. The Labute approximate surface area is 185 Å². The van der Waals surface area contributed by atoms with Crippen LogP contribution in [0, 0.1) is 0 Å². The van der Waals surface area contributed by atoms with Gasteiger partial charge >= 0.3 is 12.2 Å². The van der Waals surface area contributed by atoms with E-state index in [9.17, 15) is 14.4 Å². The minimum absolute atomic E-state index is 0.105. The van der Waals surface area contributed by atoms with Crippen molar-refractivity contribution in [3.63, 3.8) is 0 Å². The van der Waals surface area contributed by atoms with Gasteiger partial charge in [0.05, 0.1) is 20.6 Å². The van der Waals surface area contributed by atoms with Gasteiger partial charge in [-0.05, 0) is 26.3 Å². The van der Waals surface area contributed by atoms with Crippen molar-refractivity contribution in [2.24, 2.45) is 0 Å². The SMILES string of the molecule is CC(C)(C)OC(=O)NCCNC(=O)C[N+](C)(C)CCCNC(=O)OCc1ccccc1. The molecule has 0 aliphatic carbocycles. The van der Waals surface area contributed by atoms with E-state index in [0.29, 0.717) is 43.6 Å². The highest BCUT2D eigenvalue weighted by atomic mass is 16.6. The van der Waals surface area contributed by atoms with Gasteiger partial charge in [-0.1, -0.05) is 30.3 Å². The smallest absolute Gasteiger partial charge is 0.407 e. The van der Waals surface area contributed by atoms with Gasteiger partial charge in [0.15, 0.2) is 6.54 Å². The van der Waals surface area contributed by atoms with E-state index in [2.05, 4.69) is 16.0 Å². The molecule has 0 bridgehead atoms. The lowest BCUT2D eigenvalue weighted by atomic mass is 10.2. The molecule has 0 unspecified atom stereocenters. The molecule has 3 N–H and O–H groups in total. The minimum Gasteiger partial charge on any atom is -0.445 e. The molecule has 0 heterocycles. The predicted molar refractivity (Wildman–Crippen MR) is 118 cm³/mol. The van der Waals surface area contributed by atoms with Crippen LogP contribution >= 0.6 is 0 Å². The molecule has 9 heteroatoms. The summed E-state index contributed by atoms with van der Waals surface area (Å²) in [5, 5.41) is 8.10. The van der Waals surface area contributed by atoms with Crippen molar-refractivity contribution in [3.05, 3.63) is 35.9 Å². The molecule has 0 radical (unpaired) electrons. The number of nitrogens with one attached hydrogen (secondary N) is 3. The molecule has 31 heavy (non-hydrogen) atoms. The second-order valence-electron chi connectivity index (χ2n) is 8.94. The van der Waals surface area contributed by atoms with E-state index >= 15 is 0 Å². The second kappa shape index (κ2) is 12.8. The summed E-state index contributed by atoms with van der Waals surface area (Å²) in [5.74, 6) is -0.105. The van der Waals surface area contributed by atoms with Crippen LogP contribution in [0.4, 0.5) is 9.59 Å². The maximum Gasteiger partial charge on any atom is 0.407 e. The molecule has 174 valence electrons. The average Bonchev–Trinajstić information content (AvgIpc) is 2.66. The Morgan fingerprint density at radius 3 is 2.16 bits per heavy atom.